The molecule has 0 amide bonds. The van der Waals surface area contributed by atoms with E-state index in [-0.39, 0.29) is 22.0 Å². The molecule has 0 N–H and O–H groups in total. The molecule has 0 fully saturated rings. The molecule has 0 radical (unpaired) electrons. The van der Waals surface area contributed by atoms with Crippen LogP contribution in [0.3, 0.4) is 0 Å². The van der Waals surface area contributed by atoms with Gasteiger partial charge in [-0.1, -0.05) is 29.3 Å². The summed E-state index contributed by atoms with van der Waals surface area (Å²) in [6.07, 6.45) is -4.84. The van der Waals surface area contributed by atoms with Crippen molar-refractivity contribution in [3.63, 3.8) is 0 Å². The molecule has 0 bridgehead atoms. The number of hydrogen-bond donors (Lipinski definition) is 0. The molecule has 1 unspecified atom stereocenters. The molecule has 2 nitrogen and oxygen atoms in total. The summed E-state index contributed by atoms with van der Waals surface area (Å²) in [5, 5.41) is 1.78. The van der Waals surface area contributed by atoms with Crippen molar-refractivity contribution >= 4 is 62.4 Å². The van der Waals surface area contributed by atoms with Crippen LogP contribution >= 0.6 is 50.9 Å². The van der Waals surface area contributed by atoms with Gasteiger partial charge in [-0.15, -0.1) is 11.8 Å². The van der Waals surface area contributed by atoms with Gasteiger partial charge >= 0.3 is 12.1 Å². The Bertz CT molecular complexity index is 1040. The summed E-state index contributed by atoms with van der Waals surface area (Å²) in [5.41, 5.74) is 0.706. The molecular weight excluding hydrogens is 536 g/mol. The lowest BCUT2D eigenvalue weighted by molar-refractivity contribution is -0.160. The standard InChI is InChI=1S/C22H18BrCl2F3O2S/c1-20(2,3)30-19(29)17-5-4-12(6-18(17)23)13-10-21(31-11-13,22(26,27)28)14-7-15(24)9-16(25)8-14/h4-9,11H,10H2,1-3H3. The Balaban J connectivity index is 1.94. The highest BCUT2D eigenvalue weighted by molar-refractivity contribution is 9.10. The van der Waals surface area contributed by atoms with Gasteiger partial charge in [-0.25, -0.2) is 4.79 Å². The molecule has 0 saturated heterocycles. The predicted octanol–water partition coefficient (Wildman–Crippen LogP) is 8.65. The lowest BCUT2D eigenvalue weighted by Crippen LogP contribution is -2.37. The average Bonchev–Trinajstić information content (AvgIpc) is 3.06. The van der Waals surface area contributed by atoms with Crippen LogP contribution in [0.2, 0.25) is 10.0 Å². The van der Waals surface area contributed by atoms with Gasteiger partial charge in [-0.3, -0.25) is 0 Å². The average molecular weight is 554 g/mol. The van der Waals surface area contributed by atoms with E-state index in [1.807, 2.05) is 0 Å². The zero-order chi connectivity index (χ0) is 23.2. The molecule has 2 aromatic rings. The van der Waals surface area contributed by atoms with Gasteiger partial charge in [0.15, 0.2) is 0 Å². The van der Waals surface area contributed by atoms with E-state index in [0.29, 0.717) is 32.9 Å². The zero-order valence-corrected chi connectivity index (χ0v) is 20.7. The van der Waals surface area contributed by atoms with E-state index >= 15 is 0 Å². The predicted molar refractivity (Wildman–Crippen MR) is 124 cm³/mol. The van der Waals surface area contributed by atoms with Gasteiger partial charge in [0.25, 0.3) is 0 Å². The van der Waals surface area contributed by atoms with Crippen molar-refractivity contribution in [3.8, 4) is 0 Å². The molecule has 1 heterocycles. The second-order valence-corrected chi connectivity index (χ2v) is 11.0. The van der Waals surface area contributed by atoms with Crippen LogP contribution in [0.25, 0.3) is 5.57 Å². The van der Waals surface area contributed by atoms with E-state index in [0.717, 1.165) is 0 Å². The Hall–Kier alpha value is -1.15. The zero-order valence-electron chi connectivity index (χ0n) is 16.7. The van der Waals surface area contributed by atoms with Crippen LogP contribution < -0.4 is 0 Å². The molecule has 3 rings (SSSR count). The molecule has 9 heteroatoms. The molecule has 31 heavy (non-hydrogen) atoms. The van der Waals surface area contributed by atoms with Crippen molar-refractivity contribution in [2.75, 3.05) is 0 Å². The van der Waals surface area contributed by atoms with Crippen molar-refractivity contribution in [2.45, 2.75) is 43.7 Å². The van der Waals surface area contributed by atoms with Gasteiger partial charge in [0.2, 0.25) is 0 Å². The van der Waals surface area contributed by atoms with Crippen molar-refractivity contribution in [3.05, 3.63) is 73.0 Å². The fourth-order valence-electron chi connectivity index (χ4n) is 3.19. The third-order valence-electron chi connectivity index (χ3n) is 4.59. The third-order valence-corrected chi connectivity index (χ3v) is 7.10. The van der Waals surface area contributed by atoms with E-state index in [9.17, 15) is 18.0 Å². The van der Waals surface area contributed by atoms with Crippen LogP contribution in [-0.4, -0.2) is 17.7 Å². The maximum absolute atomic E-state index is 14.3. The first-order chi connectivity index (χ1) is 14.2. The number of halogens is 6. The second-order valence-electron chi connectivity index (χ2n) is 8.12. The van der Waals surface area contributed by atoms with Crippen molar-refractivity contribution < 1.29 is 22.7 Å². The van der Waals surface area contributed by atoms with Crippen LogP contribution in [0, 0.1) is 0 Å². The van der Waals surface area contributed by atoms with Crippen LogP contribution in [-0.2, 0) is 9.48 Å². The highest BCUT2D eigenvalue weighted by atomic mass is 79.9. The Morgan fingerprint density at radius 2 is 1.71 bits per heavy atom. The largest absolute Gasteiger partial charge is 0.456 e. The summed E-state index contributed by atoms with van der Waals surface area (Å²) in [4.78, 5) is 12.4. The topological polar surface area (TPSA) is 26.3 Å². The lowest BCUT2D eigenvalue weighted by Gasteiger charge is -2.32. The Labute approximate surface area is 201 Å². The summed E-state index contributed by atoms with van der Waals surface area (Å²) < 4.78 is 46.4. The first kappa shape index (κ1) is 24.5. The molecule has 0 saturated carbocycles. The van der Waals surface area contributed by atoms with Gasteiger partial charge in [0.05, 0.1) is 5.56 Å². The van der Waals surface area contributed by atoms with E-state index < -0.39 is 22.5 Å². The minimum absolute atomic E-state index is 0.00168. The van der Waals surface area contributed by atoms with Crippen LogP contribution in [0.15, 0.2) is 46.3 Å². The second kappa shape index (κ2) is 8.65. The summed E-state index contributed by atoms with van der Waals surface area (Å²) in [6.45, 7) is 5.27. The monoisotopic (exact) mass is 552 g/mol. The molecular formula is C22H18BrCl2F3O2S. The maximum atomic E-state index is 14.3. The number of allylic oxidation sites excluding steroid dienone is 1. The van der Waals surface area contributed by atoms with Gasteiger partial charge in [-0.2, -0.15) is 13.2 Å². The molecule has 1 atom stereocenters. The number of carbonyl (C=O) groups excluding carboxylic acids is 1. The van der Waals surface area contributed by atoms with Crippen molar-refractivity contribution in [1.29, 1.82) is 0 Å². The fraction of sp³-hybridized carbons (Fsp3) is 0.318. The van der Waals surface area contributed by atoms with E-state index in [4.69, 9.17) is 27.9 Å². The van der Waals surface area contributed by atoms with Crippen LogP contribution in [0.4, 0.5) is 13.2 Å². The smallest absolute Gasteiger partial charge is 0.407 e. The number of ether oxygens (including phenoxy) is 1. The number of benzene rings is 2. The number of hydrogen-bond acceptors (Lipinski definition) is 3. The molecule has 166 valence electrons. The molecule has 0 aromatic heterocycles. The van der Waals surface area contributed by atoms with Gasteiger partial charge in [0.1, 0.15) is 10.3 Å². The number of rotatable bonds is 3. The molecule has 2 aromatic carbocycles. The molecule has 1 aliphatic rings. The third kappa shape index (κ3) is 5.27. The Morgan fingerprint density at radius 3 is 2.23 bits per heavy atom. The minimum Gasteiger partial charge on any atom is -0.456 e. The van der Waals surface area contributed by atoms with Gasteiger partial charge in [-0.05, 0) is 89.1 Å². The Morgan fingerprint density at radius 1 is 1.10 bits per heavy atom. The van der Waals surface area contributed by atoms with Crippen molar-refractivity contribution in [1.82, 2.24) is 0 Å². The first-order valence-electron chi connectivity index (χ1n) is 9.15. The SMILES string of the molecule is CC(C)(C)OC(=O)c1ccc(C2=CSC(c3cc(Cl)cc(Cl)c3)(C(F)(F)F)C2)cc1Br. The number of thioether (sulfide) groups is 1. The molecule has 0 aliphatic carbocycles. The number of carbonyl (C=O) groups is 1. The van der Waals surface area contributed by atoms with E-state index in [1.54, 1.807) is 39.0 Å². The highest BCUT2D eigenvalue weighted by Crippen LogP contribution is 2.60. The first-order valence-corrected chi connectivity index (χ1v) is 11.6. The number of esters is 1. The minimum atomic E-state index is -4.54. The quantitative estimate of drug-likeness (QED) is 0.356. The maximum Gasteiger partial charge on any atom is 0.407 e. The summed E-state index contributed by atoms with van der Waals surface area (Å²) in [6, 6.07) is 8.79. The van der Waals surface area contributed by atoms with Crippen LogP contribution in [0.5, 0.6) is 0 Å². The summed E-state index contributed by atoms with van der Waals surface area (Å²) in [7, 11) is 0. The van der Waals surface area contributed by atoms with E-state index in [2.05, 4.69) is 15.9 Å². The summed E-state index contributed by atoms with van der Waals surface area (Å²) in [5.74, 6) is -0.515. The van der Waals surface area contributed by atoms with Gasteiger partial charge < -0.3 is 4.74 Å². The summed E-state index contributed by atoms with van der Waals surface area (Å²) >= 11 is 16.0. The molecule has 0 spiro atoms. The number of alkyl halides is 3. The Kier molecular flexibility index (Phi) is 6.84. The normalized spacial score (nSPS) is 19.3. The molecule has 1 aliphatic heterocycles. The lowest BCUT2D eigenvalue weighted by atomic mass is 9.88. The highest BCUT2D eigenvalue weighted by Gasteiger charge is 2.58. The van der Waals surface area contributed by atoms with Gasteiger partial charge in [0, 0.05) is 20.9 Å². The van der Waals surface area contributed by atoms with Crippen LogP contribution in [0.1, 0.15) is 48.7 Å². The fourth-order valence-corrected chi connectivity index (χ4v) is 5.45. The van der Waals surface area contributed by atoms with Crippen molar-refractivity contribution in [2.24, 2.45) is 0 Å². The van der Waals surface area contributed by atoms with E-state index in [1.165, 1.54) is 23.6 Å².